The predicted molar refractivity (Wildman–Crippen MR) is 68.4 cm³/mol. The fourth-order valence-corrected chi connectivity index (χ4v) is 2.64. The first-order valence-electron chi connectivity index (χ1n) is 6.38. The van der Waals surface area contributed by atoms with Crippen LogP contribution in [0.5, 0.6) is 11.5 Å². The third-order valence-electron chi connectivity index (χ3n) is 3.72. The van der Waals surface area contributed by atoms with E-state index in [1.807, 2.05) is 6.07 Å². The standard InChI is InChI=1S/C14H21NO2/c1-15-9-3-6-12(15)5-2-4-11-7-8-13(16)10-14(11)17/h7-8,10,12,16-17H,2-6,9H2,1H3. The van der Waals surface area contributed by atoms with Gasteiger partial charge in [0.2, 0.25) is 0 Å². The number of nitrogens with zero attached hydrogens (tertiary/aromatic N) is 1. The van der Waals surface area contributed by atoms with Gasteiger partial charge in [-0.2, -0.15) is 0 Å². The summed E-state index contributed by atoms with van der Waals surface area (Å²) in [6.45, 7) is 1.22. The Kier molecular flexibility index (Phi) is 3.89. The van der Waals surface area contributed by atoms with Gasteiger partial charge in [-0.25, -0.2) is 0 Å². The van der Waals surface area contributed by atoms with E-state index in [-0.39, 0.29) is 11.5 Å². The first-order chi connectivity index (χ1) is 8.16. The molecular weight excluding hydrogens is 214 g/mol. The Morgan fingerprint density at radius 3 is 2.82 bits per heavy atom. The molecule has 0 saturated carbocycles. The van der Waals surface area contributed by atoms with E-state index in [0.717, 1.165) is 18.4 Å². The van der Waals surface area contributed by atoms with Crippen LogP contribution in [0.3, 0.4) is 0 Å². The Morgan fingerprint density at radius 1 is 1.35 bits per heavy atom. The van der Waals surface area contributed by atoms with E-state index in [2.05, 4.69) is 11.9 Å². The lowest BCUT2D eigenvalue weighted by Crippen LogP contribution is -2.24. The topological polar surface area (TPSA) is 43.7 Å². The molecule has 0 aromatic heterocycles. The Morgan fingerprint density at radius 2 is 2.18 bits per heavy atom. The van der Waals surface area contributed by atoms with Gasteiger partial charge in [0.15, 0.2) is 0 Å². The van der Waals surface area contributed by atoms with Gasteiger partial charge in [0, 0.05) is 12.1 Å². The van der Waals surface area contributed by atoms with Crippen LogP contribution in [-0.4, -0.2) is 34.7 Å². The number of phenols is 2. The summed E-state index contributed by atoms with van der Waals surface area (Å²) in [5.74, 6) is 0.339. The summed E-state index contributed by atoms with van der Waals surface area (Å²) in [5.41, 5.74) is 0.934. The summed E-state index contributed by atoms with van der Waals surface area (Å²) < 4.78 is 0. The van der Waals surface area contributed by atoms with Crippen molar-refractivity contribution < 1.29 is 10.2 Å². The minimum absolute atomic E-state index is 0.127. The van der Waals surface area contributed by atoms with Crippen molar-refractivity contribution in [2.24, 2.45) is 0 Å². The molecular formula is C14H21NO2. The van der Waals surface area contributed by atoms with Crippen LogP contribution >= 0.6 is 0 Å². The maximum atomic E-state index is 9.66. The lowest BCUT2D eigenvalue weighted by Gasteiger charge is -2.19. The molecule has 1 aliphatic heterocycles. The van der Waals surface area contributed by atoms with Crippen molar-refractivity contribution in [3.05, 3.63) is 23.8 Å². The van der Waals surface area contributed by atoms with Crippen molar-refractivity contribution in [1.82, 2.24) is 4.90 Å². The maximum absolute atomic E-state index is 9.66. The van der Waals surface area contributed by atoms with Gasteiger partial charge in [-0.15, -0.1) is 0 Å². The minimum Gasteiger partial charge on any atom is -0.508 e. The summed E-state index contributed by atoms with van der Waals surface area (Å²) in [5, 5.41) is 18.9. The van der Waals surface area contributed by atoms with Gasteiger partial charge in [0.05, 0.1) is 0 Å². The molecule has 2 rings (SSSR count). The van der Waals surface area contributed by atoms with Gasteiger partial charge < -0.3 is 15.1 Å². The third-order valence-corrected chi connectivity index (χ3v) is 3.72. The van der Waals surface area contributed by atoms with Gasteiger partial charge in [-0.05, 0) is 57.3 Å². The molecule has 3 nitrogen and oxygen atoms in total. The number of aromatic hydroxyl groups is 2. The van der Waals surface area contributed by atoms with E-state index in [9.17, 15) is 10.2 Å². The Bertz CT molecular complexity index is 378. The largest absolute Gasteiger partial charge is 0.508 e. The third kappa shape index (κ3) is 3.13. The molecule has 1 fully saturated rings. The van der Waals surface area contributed by atoms with E-state index in [0.29, 0.717) is 6.04 Å². The summed E-state index contributed by atoms with van der Waals surface area (Å²) >= 11 is 0. The van der Waals surface area contributed by atoms with Crippen molar-refractivity contribution in [3.63, 3.8) is 0 Å². The van der Waals surface area contributed by atoms with Crippen molar-refractivity contribution in [2.45, 2.75) is 38.1 Å². The van der Waals surface area contributed by atoms with Crippen LogP contribution in [0.25, 0.3) is 0 Å². The van der Waals surface area contributed by atoms with E-state index in [1.165, 1.54) is 31.9 Å². The van der Waals surface area contributed by atoms with E-state index >= 15 is 0 Å². The van der Waals surface area contributed by atoms with Crippen molar-refractivity contribution in [1.29, 1.82) is 0 Å². The fourth-order valence-electron chi connectivity index (χ4n) is 2.64. The number of hydrogen-bond acceptors (Lipinski definition) is 3. The van der Waals surface area contributed by atoms with Crippen LogP contribution in [-0.2, 0) is 6.42 Å². The molecule has 94 valence electrons. The number of aryl methyl sites for hydroxylation is 1. The maximum Gasteiger partial charge on any atom is 0.122 e. The number of phenolic OH excluding ortho intramolecular Hbond substituents is 2. The molecule has 1 unspecified atom stereocenters. The molecule has 0 aliphatic carbocycles. The predicted octanol–water partition coefficient (Wildman–Crippen LogP) is 2.51. The van der Waals surface area contributed by atoms with Gasteiger partial charge in [0.25, 0.3) is 0 Å². The number of likely N-dealkylation sites (tertiary alicyclic amines) is 1. The molecule has 1 aromatic carbocycles. The molecule has 0 spiro atoms. The summed E-state index contributed by atoms with van der Waals surface area (Å²) in [6, 6.07) is 5.57. The first-order valence-corrected chi connectivity index (χ1v) is 6.38. The van der Waals surface area contributed by atoms with Gasteiger partial charge in [-0.3, -0.25) is 0 Å². The SMILES string of the molecule is CN1CCCC1CCCc1ccc(O)cc1O. The summed E-state index contributed by atoms with van der Waals surface area (Å²) in [4.78, 5) is 2.43. The highest BCUT2D eigenvalue weighted by Crippen LogP contribution is 2.25. The fraction of sp³-hybridized carbons (Fsp3) is 0.571. The van der Waals surface area contributed by atoms with Crippen LogP contribution in [0.2, 0.25) is 0 Å². The average molecular weight is 235 g/mol. The minimum atomic E-state index is 0.127. The molecule has 0 amide bonds. The van der Waals surface area contributed by atoms with Gasteiger partial charge >= 0.3 is 0 Å². The van der Waals surface area contributed by atoms with E-state index in [4.69, 9.17) is 0 Å². The number of rotatable bonds is 4. The van der Waals surface area contributed by atoms with Crippen LogP contribution in [0.4, 0.5) is 0 Å². The highest BCUT2D eigenvalue weighted by molar-refractivity contribution is 5.38. The van der Waals surface area contributed by atoms with Crippen LogP contribution < -0.4 is 0 Å². The van der Waals surface area contributed by atoms with Crippen molar-refractivity contribution in [2.75, 3.05) is 13.6 Å². The highest BCUT2D eigenvalue weighted by Gasteiger charge is 2.19. The lowest BCUT2D eigenvalue weighted by atomic mass is 10.0. The van der Waals surface area contributed by atoms with Crippen LogP contribution in [0, 0.1) is 0 Å². The van der Waals surface area contributed by atoms with Gasteiger partial charge in [0.1, 0.15) is 11.5 Å². The molecule has 2 N–H and O–H groups in total. The van der Waals surface area contributed by atoms with Crippen molar-refractivity contribution in [3.8, 4) is 11.5 Å². The zero-order valence-electron chi connectivity index (χ0n) is 10.4. The number of benzene rings is 1. The Hall–Kier alpha value is -1.22. The molecule has 1 heterocycles. The second-order valence-corrected chi connectivity index (χ2v) is 4.98. The highest BCUT2D eigenvalue weighted by atomic mass is 16.3. The molecule has 1 atom stereocenters. The van der Waals surface area contributed by atoms with Crippen LogP contribution in [0.1, 0.15) is 31.2 Å². The Balaban J connectivity index is 1.81. The molecule has 17 heavy (non-hydrogen) atoms. The lowest BCUT2D eigenvalue weighted by molar-refractivity contribution is 0.292. The zero-order chi connectivity index (χ0) is 12.3. The second-order valence-electron chi connectivity index (χ2n) is 4.98. The molecule has 0 bridgehead atoms. The van der Waals surface area contributed by atoms with Gasteiger partial charge in [-0.1, -0.05) is 6.07 Å². The normalized spacial score (nSPS) is 20.9. The second kappa shape index (κ2) is 5.41. The summed E-state index contributed by atoms with van der Waals surface area (Å²) in [6.07, 6.45) is 5.78. The van der Waals surface area contributed by atoms with E-state index < -0.39 is 0 Å². The molecule has 0 radical (unpaired) electrons. The van der Waals surface area contributed by atoms with E-state index in [1.54, 1.807) is 6.07 Å². The summed E-state index contributed by atoms with van der Waals surface area (Å²) in [7, 11) is 2.19. The molecule has 1 aliphatic rings. The molecule has 1 saturated heterocycles. The average Bonchev–Trinajstić information content (AvgIpc) is 2.68. The van der Waals surface area contributed by atoms with Crippen LogP contribution in [0.15, 0.2) is 18.2 Å². The zero-order valence-corrected chi connectivity index (χ0v) is 10.4. The molecule has 1 aromatic rings. The smallest absolute Gasteiger partial charge is 0.122 e. The Labute approximate surface area is 103 Å². The number of hydrogen-bond donors (Lipinski definition) is 2. The molecule has 3 heteroatoms. The first kappa shape index (κ1) is 12.2. The quantitative estimate of drug-likeness (QED) is 0.842. The van der Waals surface area contributed by atoms with Crippen molar-refractivity contribution >= 4 is 0 Å². The monoisotopic (exact) mass is 235 g/mol.